The molecule has 0 spiro atoms. The predicted molar refractivity (Wildman–Crippen MR) is 142 cm³/mol. The number of nitrogens with zero attached hydrogens (tertiary/aromatic N) is 4. The third-order valence-electron chi connectivity index (χ3n) is 5.28. The van der Waals surface area contributed by atoms with Gasteiger partial charge in [-0.1, -0.05) is 28.6 Å². The van der Waals surface area contributed by atoms with Gasteiger partial charge in [0.05, 0.1) is 11.2 Å². The summed E-state index contributed by atoms with van der Waals surface area (Å²) >= 11 is 12.2. The second kappa shape index (κ2) is 12.6. The minimum absolute atomic E-state index is 0.216. The lowest BCUT2D eigenvalue weighted by molar-refractivity contribution is -0.212. The molecule has 0 radical (unpaired) electrons. The van der Waals surface area contributed by atoms with Crippen LogP contribution < -0.4 is 0 Å². The standard InChI is InChI=1S/C23H22BrClN4O7S2/c1-11(30)33-10-18-20(34-12(2)31)19(29-9-17(27-28-29)22-26-6-7-37-22)21(35-13(3)32)23(36-18)38-14-4-5-16(25)15(24)8-14/h4-9,18-21,23H,10H2,1-3H3. The molecular formula is C23H22BrClN4O7S2. The van der Waals surface area contributed by atoms with Crippen molar-refractivity contribution in [3.8, 4) is 10.7 Å². The normalized spacial score (nSPS) is 23.0. The first-order valence-corrected chi connectivity index (χ1v) is 14.1. The number of halogens is 2. The molecular weight excluding hydrogens is 624 g/mol. The monoisotopic (exact) mass is 644 g/mol. The average molecular weight is 646 g/mol. The van der Waals surface area contributed by atoms with Crippen LogP contribution in [-0.2, 0) is 33.3 Å². The van der Waals surface area contributed by atoms with Crippen molar-refractivity contribution in [2.75, 3.05) is 6.61 Å². The fourth-order valence-electron chi connectivity index (χ4n) is 3.83. The Bertz CT molecular complexity index is 1310. The van der Waals surface area contributed by atoms with Crippen molar-refractivity contribution in [1.29, 1.82) is 0 Å². The van der Waals surface area contributed by atoms with Crippen LogP contribution in [0.15, 0.2) is 45.3 Å². The summed E-state index contributed by atoms with van der Waals surface area (Å²) in [5.74, 6) is -1.72. The summed E-state index contributed by atoms with van der Waals surface area (Å²) in [6, 6.07) is 4.42. The van der Waals surface area contributed by atoms with Gasteiger partial charge < -0.3 is 18.9 Å². The van der Waals surface area contributed by atoms with Gasteiger partial charge in [0.25, 0.3) is 0 Å². The first-order valence-electron chi connectivity index (χ1n) is 11.2. The Kier molecular flexibility index (Phi) is 9.41. The molecule has 1 aromatic carbocycles. The van der Waals surface area contributed by atoms with Gasteiger partial charge in [0.1, 0.15) is 34.9 Å². The van der Waals surface area contributed by atoms with E-state index in [1.54, 1.807) is 36.0 Å². The zero-order valence-electron chi connectivity index (χ0n) is 20.3. The average Bonchev–Trinajstić information content (AvgIpc) is 3.54. The lowest BCUT2D eigenvalue weighted by atomic mass is 9.96. The second-order valence-electron chi connectivity index (χ2n) is 8.10. The van der Waals surface area contributed by atoms with Crippen LogP contribution in [0, 0.1) is 0 Å². The number of esters is 3. The summed E-state index contributed by atoms with van der Waals surface area (Å²) in [6.07, 6.45) is 0.320. The highest BCUT2D eigenvalue weighted by atomic mass is 79.9. The molecule has 0 bridgehead atoms. The van der Waals surface area contributed by atoms with Crippen LogP contribution in [0.2, 0.25) is 5.02 Å². The van der Waals surface area contributed by atoms with E-state index >= 15 is 0 Å². The molecule has 1 aliphatic rings. The number of carbonyl (C=O) groups is 3. The molecule has 2 aromatic heterocycles. The fraction of sp³-hybridized carbons (Fsp3) is 0.391. The third kappa shape index (κ3) is 6.91. The molecule has 1 aliphatic heterocycles. The van der Waals surface area contributed by atoms with Gasteiger partial charge >= 0.3 is 17.9 Å². The highest BCUT2D eigenvalue weighted by molar-refractivity contribution is 9.10. The lowest BCUT2D eigenvalue weighted by Crippen LogP contribution is -2.57. The largest absolute Gasteiger partial charge is 0.463 e. The molecule has 1 fully saturated rings. The van der Waals surface area contributed by atoms with Crippen molar-refractivity contribution in [2.24, 2.45) is 0 Å². The lowest BCUT2D eigenvalue weighted by Gasteiger charge is -2.44. The Hall–Kier alpha value is -2.52. The van der Waals surface area contributed by atoms with E-state index < -0.39 is 47.7 Å². The van der Waals surface area contributed by atoms with Gasteiger partial charge in [-0.2, -0.15) is 0 Å². The molecule has 0 amide bonds. The van der Waals surface area contributed by atoms with E-state index in [1.807, 2.05) is 0 Å². The number of thiazole rings is 1. The molecule has 0 aliphatic carbocycles. The molecule has 202 valence electrons. The summed E-state index contributed by atoms with van der Waals surface area (Å²) in [6.45, 7) is 3.56. The van der Waals surface area contributed by atoms with E-state index in [0.29, 0.717) is 20.2 Å². The van der Waals surface area contributed by atoms with Crippen LogP contribution in [0.3, 0.4) is 0 Å². The van der Waals surface area contributed by atoms with Crippen molar-refractivity contribution in [2.45, 2.75) is 55.5 Å². The van der Waals surface area contributed by atoms with Crippen molar-refractivity contribution in [3.05, 3.63) is 45.5 Å². The highest BCUT2D eigenvalue weighted by Crippen LogP contribution is 2.42. The SMILES string of the molecule is CC(=O)OCC1OC(Sc2ccc(Cl)c(Br)c2)C(OC(C)=O)C(n2cc(-c3nccs3)nn2)C1OC(C)=O. The zero-order valence-corrected chi connectivity index (χ0v) is 24.3. The number of rotatable bonds is 8. The maximum atomic E-state index is 12.3. The highest BCUT2D eigenvalue weighted by Gasteiger charge is 2.52. The van der Waals surface area contributed by atoms with Crippen molar-refractivity contribution >= 4 is 68.5 Å². The molecule has 0 saturated carbocycles. The van der Waals surface area contributed by atoms with Crippen molar-refractivity contribution < 1.29 is 33.3 Å². The Balaban J connectivity index is 1.78. The Morgan fingerprint density at radius 2 is 1.89 bits per heavy atom. The van der Waals surface area contributed by atoms with Crippen molar-refractivity contribution in [1.82, 2.24) is 20.0 Å². The first kappa shape index (κ1) is 28.5. The van der Waals surface area contributed by atoms with Crippen LogP contribution in [0.25, 0.3) is 10.7 Å². The molecule has 5 unspecified atom stereocenters. The van der Waals surface area contributed by atoms with Gasteiger partial charge in [0, 0.05) is 41.7 Å². The summed E-state index contributed by atoms with van der Waals surface area (Å²) in [5.41, 5.74) is -0.339. The number of hydrogen-bond acceptors (Lipinski definition) is 12. The van der Waals surface area contributed by atoms with E-state index in [1.165, 1.54) is 48.6 Å². The molecule has 5 atom stereocenters. The van der Waals surface area contributed by atoms with Gasteiger partial charge in [0.2, 0.25) is 0 Å². The number of hydrogen-bond donors (Lipinski definition) is 0. The topological polar surface area (TPSA) is 132 Å². The van der Waals surface area contributed by atoms with Gasteiger partial charge in [-0.15, -0.1) is 16.4 Å². The maximum Gasteiger partial charge on any atom is 0.303 e. The molecule has 3 aromatic rings. The summed E-state index contributed by atoms with van der Waals surface area (Å²) in [4.78, 5) is 41.1. The van der Waals surface area contributed by atoms with Gasteiger partial charge in [-0.25, -0.2) is 9.67 Å². The van der Waals surface area contributed by atoms with E-state index in [4.69, 9.17) is 30.5 Å². The van der Waals surface area contributed by atoms with Crippen LogP contribution in [-0.4, -0.2) is 68.2 Å². The third-order valence-corrected chi connectivity index (χ3v) is 8.43. The van der Waals surface area contributed by atoms with E-state index in [0.717, 1.165) is 4.90 Å². The summed E-state index contributed by atoms with van der Waals surface area (Å²) in [5, 5.41) is 11.4. The molecule has 15 heteroatoms. The van der Waals surface area contributed by atoms with Crippen LogP contribution in [0.1, 0.15) is 26.8 Å². The Labute approximate surface area is 239 Å². The quantitative estimate of drug-likeness (QED) is 0.257. The minimum Gasteiger partial charge on any atom is -0.463 e. The molecule has 4 rings (SSSR count). The number of carbonyl (C=O) groups excluding carboxylic acids is 3. The smallest absolute Gasteiger partial charge is 0.303 e. The predicted octanol–water partition coefficient (Wildman–Crippen LogP) is 4.30. The Morgan fingerprint density at radius 1 is 1.16 bits per heavy atom. The van der Waals surface area contributed by atoms with Crippen LogP contribution >= 0.6 is 50.6 Å². The molecule has 1 saturated heterocycles. The number of ether oxygens (including phenoxy) is 4. The molecule has 11 nitrogen and oxygen atoms in total. The van der Waals surface area contributed by atoms with E-state index in [-0.39, 0.29) is 6.61 Å². The maximum absolute atomic E-state index is 12.3. The van der Waals surface area contributed by atoms with Crippen LogP contribution in [0.5, 0.6) is 0 Å². The van der Waals surface area contributed by atoms with Crippen molar-refractivity contribution in [3.63, 3.8) is 0 Å². The van der Waals surface area contributed by atoms with Gasteiger partial charge in [-0.3, -0.25) is 14.4 Å². The summed E-state index contributed by atoms with van der Waals surface area (Å²) < 4.78 is 25.1. The van der Waals surface area contributed by atoms with E-state index in [9.17, 15) is 14.4 Å². The van der Waals surface area contributed by atoms with Gasteiger partial charge in [0.15, 0.2) is 12.2 Å². The zero-order chi connectivity index (χ0) is 27.4. The number of thioether (sulfide) groups is 1. The van der Waals surface area contributed by atoms with E-state index in [2.05, 4.69) is 31.2 Å². The summed E-state index contributed by atoms with van der Waals surface area (Å²) in [7, 11) is 0. The first-order chi connectivity index (χ1) is 18.1. The molecule has 38 heavy (non-hydrogen) atoms. The molecule has 3 heterocycles. The fourth-order valence-corrected chi connectivity index (χ4v) is 6.22. The minimum atomic E-state index is -1.05. The van der Waals surface area contributed by atoms with Crippen LogP contribution in [0.4, 0.5) is 0 Å². The van der Waals surface area contributed by atoms with Gasteiger partial charge in [-0.05, 0) is 34.1 Å². The molecule has 0 N–H and O–H groups in total. The second-order valence-corrected chi connectivity index (χ2v) is 11.4. The Morgan fingerprint density at radius 3 is 2.53 bits per heavy atom. The number of aromatic nitrogens is 4. The number of benzene rings is 1.